The summed E-state index contributed by atoms with van der Waals surface area (Å²) in [5.74, 6) is -0.650. The first-order valence-corrected chi connectivity index (χ1v) is 6.86. The van der Waals surface area contributed by atoms with E-state index >= 15 is 0 Å². The first-order chi connectivity index (χ1) is 10.8. The number of non-ortho nitro benzene ring substituents is 1. The molecular weight excluding hydrogens is 302 g/mol. The number of ether oxygens (including phenoxy) is 1. The molecule has 120 valence electrons. The molecular formula is C15H15N3O5. The van der Waals surface area contributed by atoms with Gasteiger partial charge in [-0.3, -0.25) is 10.1 Å². The van der Waals surface area contributed by atoms with Crippen molar-refractivity contribution < 1.29 is 14.5 Å². The summed E-state index contributed by atoms with van der Waals surface area (Å²) < 4.78 is 5.16. The molecule has 0 unspecified atom stereocenters. The van der Waals surface area contributed by atoms with Gasteiger partial charge < -0.3 is 9.72 Å². The number of aromatic nitrogens is 2. The van der Waals surface area contributed by atoms with Gasteiger partial charge in [-0.25, -0.2) is 9.59 Å². The molecule has 0 amide bonds. The number of carbonyl (C=O) groups is 1. The zero-order valence-corrected chi connectivity index (χ0v) is 12.8. The van der Waals surface area contributed by atoms with E-state index in [1.54, 1.807) is 26.8 Å². The number of carbonyl (C=O) groups excluding carboxylic acids is 1. The molecule has 1 heterocycles. The third kappa shape index (κ3) is 3.60. The fourth-order valence-electron chi connectivity index (χ4n) is 2.08. The minimum absolute atomic E-state index is 0.0561. The Balaban J connectivity index is 2.66. The van der Waals surface area contributed by atoms with Crippen molar-refractivity contribution in [1.82, 2.24) is 9.97 Å². The Hall–Kier alpha value is -3.03. The van der Waals surface area contributed by atoms with Gasteiger partial charge in [0.15, 0.2) is 0 Å². The lowest BCUT2D eigenvalue weighted by Gasteiger charge is -2.13. The van der Waals surface area contributed by atoms with Gasteiger partial charge in [0, 0.05) is 23.4 Å². The third-order valence-corrected chi connectivity index (χ3v) is 3.00. The third-order valence-electron chi connectivity index (χ3n) is 3.00. The molecule has 2 rings (SSSR count). The number of esters is 1. The van der Waals surface area contributed by atoms with Crippen LogP contribution in [0.2, 0.25) is 0 Å². The van der Waals surface area contributed by atoms with Gasteiger partial charge in [0.2, 0.25) is 0 Å². The predicted molar refractivity (Wildman–Crippen MR) is 82.2 cm³/mol. The van der Waals surface area contributed by atoms with Gasteiger partial charge in [-0.1, -0.05) is 12.1 Å². The van der Waals surface area contributed by atoms with Gasteiger partial charge in [-0.05, 0) is 20.8 Å². The minimum Gasteiger partial charge on any atom is -0.459 e. The highest BCUT2D eigenvalue weighted by Crippen LogP contribution is 2.26. The molecule has 8 heteroatoms. The molecule has 0 saturated heterocycles. The fraction of sp³-hybridized carbons (Fsp3) is 0.267. The molecule has 0 aliphatic carbocycles. The lowest BCUT2D eigenvalue weighted by atomic mass is 10.0. The number of nitrogens with zero attached hydrogens (tertiary/aromatic N) is 2. The quantitative estimate of drug-likeness (QED) is 0.525. The van der Waals surface area contributed by atoms with Crippen molar-refractivity contribution in [2.45, 2.75) is 26.9 Å². The van der Waals surface area contributed by atoms with E-state index in [2.05, 4.69) is 9.97 Å². The molecule has 0 aliphatic heterocycles. The van der Waals surface area contributed by atoms with Crippen LogP contribution in [0.1, 0.15) is 29.9 Å². The van der Waals surface area contributed by atoms with Crippen LogP contribution >= 0.6 is 0 Å². The molecule has 0 bridgehead atoms. The summed E-state index contributed by atoms with van der Waals surface area (Å²) in [4.78, 5) is 40.5. The number of benzene rings is 1. The van der Waals surface area contributed by atoms with Gasteiger partial charge in [0.1, 0.15) is 5.56 Å². The number of nitro benzene ring substituents is 1. The second-order valence-electron chi connectivity index (χ2n) is 5.15. The normalized spacial score (nSPS) is 10.6. The van der Waals surface area contributed by atoms with Crippen molar-refractivity contribution in [2.24, 2.45) is 0 Å². The zero-order valence-electron chi connectivity index (χ0n) is 12.8. The molecule has 0 fully saturated rings. The highest BCUT2D eigenvalue weighted by atomic mass is 16.6. The molecule has 0 atom stereocenters. The number of H-pyrrole nitrogens is 1. The van der Waals surface area contributed by atoms with Crippen LogP contribution in [0.15, 0.2) is 29.1 Å². The number of hydrogen-bond acceptors (Lipinski definition) is 6. The van der Waals surface area contributed by atoms with Crippen LogP contribution in [0.4, 0.5) is 5.69 Å². The SMILES string of the molecule is Cc1[nH]c(=O)nc(-c2cccc([N+](=O)[O-])c2)c1C(=O)OC(C)C. The Morgan fingerprint density at radius 1 is 1.39 bits per heavy atom. The molecule has 1 N–H and O–H groups in total. The smallest absolute Gasteiger partial charge is 0.345 e. The summed E-state index contributed by atoms with van der Waals surface area (Å²) in [6.45, 7) is 4.93. The molecule has 2 aromatic rings. The topological polar surface area (TPSA) is 115 Å². The van der Waals surface area contributed by atoms with Crippen molar-refractivity contribution in [3.63, 3.8) is 0 Å². The predicted octanol–water partition coefficient (Wildman–Crippen LogP) is 2.22. The lowest BCUT2D eigenvalue weighted by Crippen LogP contribution is -2.21. The van der Waals surface area contributed by atoms with Gasteiger partial charge in [-0.15, -0.1) is 0 Å². The Kier molecular flexibility index (Phi) is 4.54. The van der Waals surface area contributed by atoms with Gasteiger partial charge in [0.25, 0.3) is 5.69 Å². The summed E-state index contributed by atoms with van der Waals surface area (Å²) in [5.41, 5.74) is -0.0869. The lowest BCUT2D eigenvalue weighted by molar-refractivity contribution is -0.384. The van der Waals surface area contributed by atoms with Crippen molar-refractivity contribution in [3.05, 3.63) is 56.1 Å². The van der Waals surface area contributed by atoms with Crippen LogP contribution in [0.25, 0.3) is 11.3 Å². The largest absolute Gasteiger partial charge is 0.459 e. The number of rotatable bonds is 4. The van der Waals surface area contributed by atoms with E-state index in [1.807, 2.05) is 0 Å². The van der Waals surface area contributed by atoms with Crippen molar-refractivity contribution in [1.29, 1.82) is 0 Å². The first kappa shape index (κ1) is 16.3. The van der Waals surface area contributed by atoms with Crippen molar-refractivity contribution >= 4 is 11.7 Å². The maximum Gasteiger partial charge on any atom is 0.345 e. The Labute approximate surface area is 131 Å². The highest BCUT2D eigenvalue weighted by molar-refractivity contribution is 5.97. The van der Waals surface area contributed by atoms with E-state index < -0.39 is 16.6 Å². The average molecular weight is 317 g/mol. The molecule has 0 saturated carbocycles. The van der Waals surface area contributed by atoms with Crippen molar-refractivity contribution in [2.75, 3.05) is 0 Å². The van der Waals surface area contributed by atoms with Crippen LogP contribution in [-0.4, -0.2) is 27.0 Å². The second-order valence-corrected chi connectivity index (χ2v) is 5.15. The van der Waals surface area contributed by atoms with Gasteiger partial charge >= 0.3 is 11.7 Å². The van der Waals surface area contributed by atoms with E-state index in [9.17, 15) is 19.7 Å². The van der Waals surface area contributed by atoms with E-state index in [0.717, 1.165) is 0 Å². The van der Waals surface area contributed by atoms with Crippen LogP contribution in [0.3, 0.4) is 0 Å². The highest BCUT2D eigenvalue weighted by Gasteiger charge is 2.22. The number of nitrogens with one attached hydrogen (secondary N) is 1. The monoisotopic (exact) mass is 317 g/mol. The molecule has 8 nitrogen and oxygen atoms in total. The summed E-state index contributed by atoms with van der Waals surface area (Å²) >= 11 is 0. The molecule has 0 aliphatic rings. The van der Waals surface area contributed by atoms with Crippen LogP contribution < -0.4 is 5.69 Å². The maximum absolute atomic E-state index is 12.3. The fourth-order valence-corrected chi connectivity index (χ4v) is 2.08. The average Bonchev–Trinajstić information content (AvgIpc) is 2.45. The zero-order chi connectivity index (χ0) is 17.1. The Morgan fingerprint density at radius 2 is 2.09 bits per heavy atom. The minimum atomic E-state index is -0.650. The van der Waals surface area contributed by atoms with Crippen LogP contribution in [-0.2, 0) is 4.74 Å². The Morgan fingerprint density at radius 3 is 2.70 bits per heavy atom. The molecule has 1 aromatic carbocycles. The van der Waals surface area contributed by atoms with E-state index in [1.165, 1.54) is 18.2 Å². The maximum atomic E-state index is 12.3. The summed E-state index contributed by atoms with van der Waals surface area (Å²) in [7, 11) is 0. The Bertz CT molecular complexity index is 826. The number of aromatic amines is 1. The number of aryl methyl sites for hydroxylation is 1. The number of hydrogen-bond donors (Lipinski definition) is 1. The van der Waals surface area contributed by atoms with Gasteiger partial charge in [-0.2, -0.15) is 4.98 Å². The van der Waals surface area contributed by atoms with Gasteiger partial charge in [0.05, 0.1) is 16.7 Å². The summed E-state index contributed by atoms with van der Waals surface area (Å²) in [5, 5.41) is 10.9. The van der Waals surface area contributed by atoms with E-state index in [0.29, 0.717) is 5.56 Å². The first-order valence-electron chi connectivity index (χ1n) is 6.86. The second kappa shape index (κ2) is 6.39. The molecule has 0 radical (unpaired) electrons. The molecule has 23 heavy (non-hydrogen) atoms. The number of nitro groups is 1. The van der Waals surface area contributed by atoms with Crippen LogP contribution in [0.5, 0.6) is 0 Å². The summed E-state index contributed by atoms with van der Waals surface area (Å²) in [6.07, 6.45) is -0.355. The molecule has 1 aromatic heterocycles. The van der Waals surface area contributed by atoms with E-state index in [-0.39, 0.29) is 28.7 Å². The van der Waals surface area contributed by atoms with Crippen LogP contribution in [0, 0.1) is 17.0 Å². The standard InChI is InChI=1S/C15H15N3O5/c1-8(2)23-14(19)12-9(3)16-15(20)17-13(12)10-5-4-6-11(7-10)18(21)22/h4-8H,1-3H3,(H,16,17,20). The van der Waals surface area contributed by atoms with Crippen molar-refractivity contribution in [3.8, 4) is 11.3 Å². The molecule has 0 spiro atoms. The summed E-state index contributed by atoms with van der Waals surface area (Å²) in [6, 6.07) is 5.58. The van der Waals surface area contributed by atoms with E-state index in [4.69, 9.17) is 4.74 Å².